The number of carbonyl (C=O) groups is 1. The molecule has 0 fully saturated rings. The van der Waals surface area contributed by atoms with Crippen molar-refractivity contribution >= 4 is 29.6 Å². The molecule has 1 amide bonds. The van der Waals surface area contributed by atoms with Gasteiger partial charge in [-0.15, -0.1) is 0 Å². The number of carbonyl (C=O) groups excluding carboxylic acids is 1. The Bertz CT molecular complexity index is 1230. The van der Waals surface area contributed by atoms with Crippen LogP contribution in [0.3, 0.4) is 0 Å². The Hall–Kier alpha value is -4.63. The van der Waals surface area contributed by atoms with Crippen LogP contribution >= 0.6 is 0 Å². The second-order valence-corrected chi connectivity index (χ2v) is 8.19. The van der Waals surface area contributed by atoms with Crippen LogP contribution in [0.5, 0.6) is 0 Å². The van der Waals surface area contributed by atoms with Crippen molar-refractivity contribution in [2.75, 3.05) is 62.4 Å². The van der Waals surface area contributed by atoms with E-state index >= 15 is 0 Å². The van der Waals surface area contributed by atoms with E-state index in [-0.39, 0.29) is 5.69 Å². The third-order valence-electron chi connectivity index (χ3n) is 5.33. The number of nitrogens with one attached hydrogen (secondary N) is 1. The predicted molar refractivity (Wildman–Crippen MR) is 137 cm³/mol. The molecule has 3 rings (SSSR count). The number of nitriles is 1. The number of benzene rings is 1. The van der Waals surface area contributed by atoms with Crippen LogP contribution in [0.25, 0.3) is 11.3 Å². The lowest BCUT2D eigenvalue weighted by Crippen LogP contribution is -2.36. The number of rotatable bonds is 12. The number of likely N-dealkylation sites (N-methyl/N-ethyl adjacent to an activating group) is 1. The highest BCUT2D eigenvalue weighted by Crippen LogP contribution is 2.29. The third kappa shape index (κ3) is 6.71. The third-order valence-corrected chi connectivity index (χ3v) is 5.33. The second-order valence-electron chi connectivity index (χ2n) is 8.19. The fraction of sp³-hybridized carbons (Fsp3) is 0.292. The molecule has 0 aliphatic rings. The number of hydrogen-bond donors (Lipinski definition) is 1. The number of pyridine rings is 1. The Labute approximate surface area is 209 Å². The van der Waals surface area contributed by atoms with Crippen molar-refractivity contribution in [1.29, 1.82) is 5.26 Å². The number of nitrogens with zero attached hydrogens (tertiary/aromatic N) is 8. The van der Waals surface area contributed by atoms with E-state index in [0.29, 0.717) is 54.8 Å². The first kappa shape index (κ1) is 26.0. The van der Waals surface area contributed by atoms with Gasteiger partial charge in [-0.3, -0.25) is 14.9 Å². The standard InChI is InChI=1S/C24H27N9O3/c1-30(2)12-13-32(11-10-26-22-9-8-20(15-27-22)33(35)36)24-28-16-21(31(3)17-34)23(29-24)19-6-4-18(14-25)5-7-19/h4-9,15-17H,10-13H2,1-3H3,(H,26,27). The highest BCUT2D eigenvalue weighted by atomic mass is 16.6. The first-order valence-corrected chi connectivity index (χ1v) is 11.1. The molecule has 12 nitrogen and oxygen atoms in total. The fourth-order valence-electron chi connectivity index (χ4n) is 3.30. The second kappa shape index (κ2) is 12.2. The molecule has 0 saturated carbocycles. The summed E-state index contributed by atoms with van der Waals surface area (Å²) < 4.78 is 0. The van der Waals surface area contributed by atoms with Gasteiger partial charge in [-0.1, -0.05) is 12.1 Å². The summed E-state index contributed by atoms with van der Waals surface area (Å²) in [4.78, 5) is 40.7. The van der Waals surface area contributed by atoms with Crippen molar-refractivity contribution in [3.8, 4) is 17.3 Å². The molecule has 1 N–H and O–H groups in total. The molecule has 0 aliphatic carbocycles. The van der Waals surface area contributed by atoms with Gasteiger partial charge < -0.3 is 20.0 Å². The Morgan fingerprint density at radius 1 is 1.06 bits per heavy atom. The smallest absolute Gasteiger partial charge is 0.287 e. The van der Waals surface area contributed by atoms with Crippen molar-refractivity contribution in [3.63, 3.8) is 0 Å². The van der Waals surface area contributed by atoms with Crippen molar-refractivity contribution in [2.24, 2.45) is 0 Å². The van der Waals surface area contributed by atoms with Crippen LogP contribution in [0.1, 0.15) is 5.56 Å². The van der Waals surface area contributed by atoms with Gasteiger partial charge in [0.05, 0.1) is 34.1 Å². The van der Waals surface area contributed by atoms with Gasteiger partial charge in [-0.2, -0.15) is 5.26 Å². The van der Waals surface area contributed by atoms with Crippen LogP contribution in [-0.4, -0.2) is 78.5 Å². The number of amides is 1. The van der Waals surface area contributed by atoms with E-state index in [2.05, 4.69) is 21.4 Å². The minimum absolute atomic E-state index is 0.0720. The van der Waals surface area contributed by atoms with Crippen LogP contribution in [0.15, 0.2) is 48.8 Å². The zero-order valence-electron chi connectivity index (χ0n) is 20.3. The summed E-state index contributed by atoms with van der Waals surface area (Å²) in [5.74, 6) is 1.01. The summed E-state index contributed by atoms with van der Waals surface area (Å²) in [6.45, 7) is 2.41. The average Bonchev–Trinajstić information content (AvgIpc) is 2.90. The molecule has 0 saturated heterocycles. The SMILES string of the molecule is CN(C)CCN(CCNc1ccc([N+](=O)[O-])cn1)c1ncc(N(C)C=O)c(-c2ccc(C#N)cc2)n1. The average molecular weight is 490 g/mol. The summed E-state index contributed by atoms with van der Waals surface area (Å²) in [5.41, 5.74) is 2.31. The van der Waals surface area contributed by atoms with Crippen LogP contribution in [0, 0.1) is 21.4 Å². The highest BCUT2D eigenvalue weighted by Gasteiger charge is 2.17. The molecule has 0 spiro atoms. The molecule has 2 aromatic heterocycles. The summed E-state index contributed by atoms with van der Waals surface area (Å²) >= 11 is 0. The molecule has 12 heteroatoms. The minimum Gasteiger partial charge on any atom is -0.368 e. The molecule has 0 bridgehead atoms. The van der Waals surface area contributed by atoms with Gasteiger partial charge in [-0.05, 0) is 32.3 Å². The van der Waals surface area contributed by atoms with E-state index < -0.39 is 4.92 Å². The lowest BCUT2D eigenvalue weighted by Gasteiger charge is -2.26. The maximum atomic E-state index is 11.5. The molecule has 0 aliphatic heterocycles. The Kier molecular flexibility index (Phi) is 8.79. The maximum absolute atomic E-state index is 11.5. The molecular weight excluding hydrogens is 462 g/mol. The van der Waals surface area contributed by atoms with E-state index in [9.17, 15) is 14.9 Å². The number of hydrogen-bond acceptors (Lipinski definition) is 10. The van der Waals surface area contributed by atoms with Gasteiger partial charge in [-0.25, -0.2) is 15.0 Å². The first-order valence-electron chi connectivity index (χ1n) is 11.1. The molecule has 3 aromatic rings. The number of anilines is 3. The van der Waals surface area contributed by atoms with Gasteiger partial charge in [0.25, 0.3) is 5.69 Å². The van der Waals surface area contributed by atoms with Gasteiger partial charge in [0.15, 0.2) is 0 Å². The van der Waals surface area contributed by atoms with Crippen LogP contribution in [0.4, 0.5) is 23.1 Å². The first-order chi connectivity index (χ1) is 17.3. The number of aromatic nitrogens is 3. The predicted octanol–water partition coefficient (Wildman–Crippen LogP) is 2.39. The van der Waals surface area contributed by atoms with Crippen molar-refractivity contribution in [1.82, 2.24) is 19.9 Å². The monoisotopic (exact) mass is 489 g/mol. The van der Waals surface area contributed by atoms with Gasteiger partial charge in [0.2, 0.25) is 12.4 Å². The zero-order chi connectivity index (χ0) is 26.1. The van der Waals surface area contributed by atoms with Crippen molar-refractivity contribution in [2.45, 2.75) is 0 Å². The van der Waals surface area contributed by atoms with Crippen LogP contribution < -0.4 is 15.1 Å². The summed E-state index contributed by atoms with van der Waals surface area (Å²) in [5, 5.41) is 23.1. The van der Waals surface area contributed by atoms with E-state index in [1.807, 2.05) is 23.9 Å². The quantitative estimate of drug-likeness (QED) is 0.229. The molecule has 2 heterocycles. The zero-order valence-corrected chi connectivity index (χ0v) is 20.3. The Morgan fingerprint density at radius 3 is 2.39 bits per heavy atom. The van der Waals surface area contributed by atoms with E-state index in [1.54, 1.807) is 43.6 Å². The molecule has 0 unspecified atom stereocenters. The van der Waals surface area contributed by atoms with Gasteiger partial charge in [0.1, 0.15) is 12.0 Å². The fourth-order valence-corrected chi connectivity index (χ4v) is 3.30. The van der Waals surface area contributed by atoms with Gasteiger partial charge >= 0.3 is 0 Å². The topological polar surface area (TPSA) is 144 Å². The van der Waals surface area contributed by atoms with Crippen molar-refractivity contribution in [3.05, 3.63) is 64.5 Å². The minimum atomic E-state index is -0.492. The van der Waals surface area contributed by atoms with Crippen LogP contribution in [0.2, 0.25) is 0 Å². The molecule has 0 atom stereocenters. The highest BCUT2D eigenvalue weighted by molar-refractivity contribution is 5.84. The molecule has 0 radical (unpaired) electrons. The van der Waals surface area contributed by atoms with Crippen LogP contribution in [-0.2, 0) is 4.79 Å². The lowest BCUT2D eigenvalue weighted by atomic mass is 10.1. The molecule has 1 aromatic carbocycles. The number of nitro groups is 1. The molecule has 186 valence electrons. The van der Waals surface area contributed by atoms with E-state index in [0.717, 1.165) is 12.1 Å². The van der Waals surface area contributed by atoms with E-state index in [1.165, 1.54) is 17.2 Å². The lowest BCUT2D eigenvalue weighted by molar-refractivity contribution is -0.385. The van der Waals surface area contributed by atoms with E-state index in [4.69, 9.17) is 10.2 Å². The maximum Gasteiger partial charge on any atom is 0.287 e. The normalized spacial score (nSPS) is 10.5. The molecular formula is C24H27N9O3. The Balaban J connectivity index is 1.86. The molecule has 36 heavy (non-hydrogen) atoms. The summed E-state index contributed by atoms with van der Waals surface area (Å²) in [6.07, 6.45) is 3.51. The Morgan fingerprint density at radius 2 is 1.81 bits per heavy atom. The summed E-state index contributed by atoms with van der Waals surface area (Å²) in [7, 11) is 5.58. The van der Waals surface area contributed by atoms with Crippen molar-refractivity contribution < 1.29 is 9.72 Å². The summed E-state index contributed by atoms with van der Waals surface area (Å²) in [6, 6.07) is 12.0. The largest absolute Gasteiger partial charge is 0.368 e. The van der Waals surface area contributed by atoms with Gasteiger partial charge in [0, 0.05) is 44.9 Å².